The second-order valence-electron chi connectivity index (χ2n) is 7.07. The number of aryl methyl sites for hydroxylation is 1. The van der Waals surface area contributed by atoms with E-state index >= 15 is 0 Å². The van der Waals surface area contributed by atoms with Crippen LogP contribution in [0.25, 0.3) is 11.3 Å². The first-order valence-corrected chi connectivity index (χ1v) is 9.59. The van der Waals surface area contributed by atoms with Gasteiger partial charge in [0.2, 0.25) is 0 Å². The van der Waals surface area contributed by atoms with Gasteiger partial charge in [-0.15, -0.1) is 0 Å². The summed E-state index contributed by atoms with van der Waals surface area (Å²) < 4.78 is 13.2. The second-order valence-corrected chi connectivity index (χ2v) is 7.47. The molecule has 3 heterocycles. The Bertz CT molecular complexity index is 892. The molecule has 1 fully saturated rings. The molecule has 1 aliphatic heterocycles. The maximum atomic E-state index is 6.17. The molecule has 6 nitrogen and oxygen atoms in total. The van der Waals surface area contributed by atoms with Crippen LogP contribution in [-0.4, -0.2) is 39.5 Å². The van der Waals surface area contributed by atoms with Crippen molar-refractivity contribution >= 4 is 11.6 Å². The smallest absolute Gasteiger partial charge is 0.151 e. The van der Waals surface area contributed by atoms with E-state index in [1.807, 2.05) is 43.6 Å². The largest absolute Gasteiger partial charge is 0.492 e. The number of nitrogens with zero attached hydrogens (tertiary/aromatic N) is 4. The standard InChI is InChI=1S/C20H23ClN4O2/c1-24-12-16(10-22-24)19-9-17(27-23-19)13-25-8-4-5-15(11-25)14-26-20-7-3-2-6-18(20)21/h2-3,6-7,9-10,12,15H,4-5,8,11,13-14H2,1H3. The van der Waals surface area contributed by atoms with Crippen LogP contribution in [0.4, 0.5) is 0 Å². The Morgan fingerprint density at radius 2 is 2.22 bits per heavy atom. The molecule has 0 N–H and O–H groups in total. The van der Waals surface area contributed by atoms with Crippen molar-refractivity contribution < 1.29 is 9.26 Å². The molecule has 0 amide bonds. The number of ether oxygens (including phenoxy) is 1. The molecule has 0 saturated carbocycles. The Labute approximate surface area is 163 Å². The first-order valence-electron chi connectivity index (χ1n) is 9.21. The number of halogens is 1. The van der Waals surface area contributed by atoms with E-state index in [1.165, 1.54) is 0 Å². The molecule has 1 aliphatic rings. The van der Waals surface area contributed by atoms with E-state index in [-0.39, 0.29) is 0 Å². The van der Waals surface area contributed by atoms with Gasteiger partial charge in [-0.25, -0.2) is 0 Å². The Balaban J connectivity index is 1.32. The van der Waals surface area contributed by atoms with Crippen molar-refractivity contribution in [3.63, 3.8) is 0 Å². The fraction of sp³-hybridized carbons (Fsp3) is 0.400. The normalized spacial score (nSPS) is 17.9. The SMILES string of the molecule is Cn1cc(-c2cc(CN3CCCC(COc4ccccc4Cl)C3)on2)cn1. The van der Waals surface area contributed by atoms with Gasteiger partial charge in [0.25, 0.3) is 0 Å². The number of para-hydroxylation sites is 1. The number of benzene rings is 1. The van der Waals surface area contributed by atoms with E-state index in [1.54, 1.807) is 10.9 Å². The minimum atomic E-state index is 0.482. The molecule has 1 saturated heterocycles. The van der Waals surface area contributed by atoms with Gasteiger partial charge >= 0.3 is 0 Å². The summed E-state index contributed by atoms with van der Waals surface area (Å²) in [6.07, 6.45) is 6.05. The minimum Gasteiger partial charge on any atom is -0.492 e. The molecule has 0 bridgehead atoms. The van der Waals surface area contributed by atoms with Gasteiger partial charge in [-0.05, 0) is 31.5 Å². The predicted molar refractivity (Wildman–Crippen MR) is 104 cm³/mol. The average molecular weight is 387 g/mol. The van der Waals surface area contributed by atoms with Crippen molar-refractivity contribution in [2.45, 2.75) is 19.4 Å². The molecule has 1 aromatic carbocycles. The quantitative estimate of drug-likeness (QED) is 0.640. The van der Waals surface area contributed by atoms with Gasteiger partial charge in [0.1, 0.15) is 11.4 Å². The van der Waals surface area contributed by atoms with Crippen LogP contribution in [0.5, 0.6) is 5.75 Å². The van der Waals surface area contributed by atoms with Crippen molar-refractivity contribution in [3.8, 4) is 17.0 Å². The van der Waals surface area contributed by atoms with Crippen LogP contribution in [0.15, 0.2) is 47.2 Å². The lowest BCUT2D eigenvalue weighted by molar-refractivity contribution is 0.117. The van der Waals surface area contributed by atoms with Crippen LogP contribution in [-0.2, 0) is 13.6 Å². The summed E-state index contributed by atoms with van der Waals surface area (Å²) in [5, 5.41) is 9.02. The molecule has 1 unspecified atom stereocenters. The van der Waals surface area contributed by atoms with Gasteiger partial charge < -0.3 is 9.26 Å². The zero-order valence-corrected chi connectivity index (χ0v) is 16.1. The molecular weight excluding hydrogens is 364 g/mol. The van der Waals surface area contributed by atoms with Crippen molar-refractivity contribution in [3.05, 3.63) is 53.5 Å². The molecule has 0 spiro atoms. The lowest BCUT2D eigenvalue weighted by Crippen LogP contribution is -2.37. The molecule has 1 atom stereocenters. The highest BCUT2D eigenvalue weighted by Gasteiger charge is 2.22. The molecule has 2 aromatic heterocycles. The summed E-state index contributed by atoms with van der Waals surface area (Å²) in [5.74, 6) is 2.12. The van der Waals surface area contributed by atoms with Crippen LogP contribution in [0.2, 0.25) is 5.02 Å². The predicted octanol–water partition coefficient (Wildman–Crippen LogP) is 4.02. The highest BCUT2D eigenvalue weighted by atomic mass is 35.5. The van der Waals surface area contributed by atoms with Crippen LogP contribution in [0, 0.1) is 5.92 Å². The summed E-state index contributed by atoms with van der Waals surface area (Å²) in [4.78, 5) is 2.40. The van der Waals surface area contributed by atoms with E-state index < -0.39 is 0 Å². The zero-order valence-electron chi connectivity index (χ0n) is 15.3. The monoisotopic (exact) mass is 386 g/mol. The third-order valence-corrected chi connectivity index (χ3v) is 5.17. The zero-order chi connectivity index (χ0) is 18.6. The second kappa shape index (κ2) is 8.15. The maximum Gasteiger partial charge on any atom is 0.151 e. The Kier molecular flexibility index (Phi) is 5.45. The van der Waals surface area contributed by atoms with E-state index in [0.717, 1.165) is 55.2 Å². The van der Waals surface area contributed by atoms with Gasteiger partial charge in [-0.3, -0.25) is 9.58 Å². The molecular formula is C20H23ClN4O2. The summed E-state index contributed by atoms with van der Waals surface area (Å²) in [7, 11) is 1.89. The van der Waals surface area contributed by atoms with Crippen LogP contribution in [0.3, 0.4) is 0 Å². The third kappa shape index (κ3) is 4.51. The molecule has 142 valence electrons. The molecule has 27 heavy (non-hydrogen) atoms. The van der Waals surface area contributed by atoms with E-state index in [2.05, 4.69) is 15.2 Å². The van der Waals surface area contributed by atoms with Crippen LogP contribution < -0.4 is 4.74 Å². The highest BCUT2D eigenvalue weighted by Crippen LogP contribution is 2.26. The van der Waals surface area contributed by atoms with Gasteiger partial charge in [0.15, 0.2) is 5.76 Å². The summed E-state index contributed by atoms with van der Waals surface area (Å²) in [6.45, 7) is 3.48. The highest BCUT2D eigenvalue weighted by molar-refractivity contribution is 6.32. The molecule has 0 aliphatic carbocycles. The van der Waals surface area contributed by atoms with Crippen LogP contribution in [0.1, 0.15) is 18.6 Å². The summed E-state index contributed by atoms with van der Waals surface area (Å²) in [5.41, 5.74) is 1.80. The van der Waals surface area contributed by atoms with Crippen molar-refractivity contribution in [1.29, 1.82) is 0 Å². The summed E-state index contributed by atoms with van der Waals surface area (Å²) >= 11 is 6.17. The Hall–Kier alpha value is -2.31. The maximum absolute atomic E-state index is 6.17. The summed E-state index contributed by atoms with van der Waals surface area (Å²) in [6, 6.07) is 9.62. The number of likely N-dealkylation sites (tertiary alicyclic amines) is 1. The molecule has 7 heteroatoms. The van der Waals surface area contributed by atoms with Gasteiger partial charge in [0.05, 0.1) is 24.4 Å². The lowest BCUT2D eigenvalue weighted by Gasteiger charge is -2.31. The lowest BCUT2D eigenvalue weighted by atomic mass is 9.99. The molecule has 3 aromatic rings. The minimum absolute atomic E-state index is 0.482. The Morgan fingerprint density at radius 1 is 1.33 bits per heavy atom. The first-order chi connectivity index (χ1) is 13.2. The number of hydrogen-bond acceptors (Lipinski definition) is 5. The fourth-order valence-corrected chi connectivity index (χ4v) is 3.69. The number of rotatable bonds is 6. The average Bonchev–Trinajstić information content (AvgIpc) is 3.30. The number of hydrogen-bond donors (Lipinski definition) is 0. The van der Waals surface area contributed by atoms with Crippen molar-refractivity contribution in [1.82, 2.24) is 19.8 Å². The van der Waals surface area contributed by atoms with Crippen LogP contribution >= 0.6 is 11.6 Å². The van der Waals surface area contributed by atoms with E-state index in [9.17, 15) is 0 Å². The third-order valence-electron chi connectivity index (χ3n) is 4.85. The van der Waals surface area contributed by atoms with E-state index in [0.29, 0.717) is 17.5 Å². The Morgan fingerprint density at radius 3 is 3.04 bits per heavy atom. The van der Waals surface area contributed by atoms with E-state index in [4.69, 9.17) is 20.9 Å². The first kappa shape index (κ1) is 18.1. The van der Waals surface area contributed by atoms with Crippen molar-refractivity contribution in [2.75, 3.05) is 19.7 Å². The van der Waals surface area contributed by atoms with Gasteiger partial charge in [0, 0.05) is 37.3 Å². The van der Waals surface area contributed by atoms with Gasteiger partial charge in [-0.1, -0.05) is 28.9 Å². The van der Waals surface area contributed by atoms with Crippen molar-refractivity contribution in [2.24, 2.45) is 13.0 Å². The fourth-order valence-electron chi connectivity index (χ4n) is 3.50. The molecule has 4 rings (SSSR count). The molecule has 0 radical (unpaired) electrons. The number of aromatic nitrogens is 3. The topological polar surface area (TPSA) is 56.3 Å². The number of piperidine rings is 1. The van der Waals surface area contributed by atoms with Gasteiger partial charge in [-0.2, -0.15) is 5.10 Å².